The summed E-state index contributed by atoms with van der Waals surface area (Å²) in [6.45, 7) is 6.27. The third kappa shape index (κ3) is 3.70. The zero-order chi connectivity index (χ0) is 12.8. The lowest BCUT2D eigenvalue weighted by Crippen LogP contribution is -2.46. The van der Waals surface area contributed by atoms with Gasteiger partial charge in [0.15, 0.2) is 0 Å². The van der Waals surface area contributed by atoms with Crippen molar-refractivity contribution in [3.05, 3.63) is 35.6 Å². The molecule has 1 atom stereocenters. The first-order chi connectivity index (χ1) is 8.81. The van der Waals surface area contributed by atoms with Gasteiger partial charge in [-0.25, -0.2) is 4.39 Å². The summed E-state index contributed by atoms with van der Waals surface area (Å²) in [5.41, 5.74) is 1.09. The van der Waals surface area contributed by atoms with Gasteiger partial charge in [-0.1, -0.05) is 19.1 Å². The van der Waals surface area contributed by atoms with Crippen LogP contribution in [0.2, 0.25) is 0 Å². The minimum atomic E-state index is -0.138. The fourth-order valence-corrected chi connectivity index (χ4v) is 3.03. The SMILES string of the molecule is CCSCCN1CCNCC1c1cccc(F)c1. The Kier molecular flexibility index (Phi) is 5.47. The van der Waals surface area contributed by atoms with E-state index in [0.29, 0.717) is 6.04 Å². The molecule has 0 saturated carbocycles. The second kappa shape index (κ2) is 7.12. The maximum Gasteiger partial charge on any atom is 0.123 e. The molecule has 0 aliphatic carbocycles. The summed E-state index contributed by atoms with van der Waals surface area (Å²) in [4.78, 5) is 2.47. The zero-order valence-corrected chi connectivity index (χ0v) is 11.7. The third-order valence-corrected chi connectivity index (χ3v) is 4.19. The number of rotatable bonds is 5. The van der Waals surface area contributed by atoms with Gasteiger partial charge in [0, 0.05) is 38.0 Å². The molecule has 18 heavy (non-hydrogen) atoms. The van der Waals surface area contributed by atoms with Gasteiger partial charge < -0.3 is 5.32 Å². The largest absolute Gasteiger partial charge is 0.314 e. The van der Waals surface area contributed by atoms with Crippen LogP contribution in [0.5, 0.6) is 0 Å². The molecule has 0 spiro atoms. The molecule has 1 aliphatic heterocycles. The smallest absolute Gasteiger partial charge is 0.123 e. The Hall–Kier alpha value is -0.580. The van der Waals surface area contributed by atoms with E-state index in [4.69, 9.17) is 0 Å². The molecule has 0 aromatic heterocycles. The van der Waals surface area contributed by atoms with Crippen LogP contribution in [0.4, 0.5) is 4.39 Å². The second-order valence-electron chi connectivity index (χ2n) is 4.51. The highest BCUT2D eigenvalue weighted by atomic mass is 32.2. The van der Waals surface area contributed by atoms with Gasteiger partial charge >= 0.3 is 0 Å². The van der Waals surface area contributed by atoms with E-state index in [9.17, 15) is 4.39 Å². The van der Waals surface area contributed by atoms with Crippen molar-refractivity contribution in [3.8, 4) is 0 Å². The summed E-state index contributed by atoms with van der Waals surface area (Å²) in [5.74, 6) is 2.18. The maximum absolute atomic E-state index is 13.3. The molecule has 1 aliphatic rings. The van der Waals surface area contributed by atoms with Gasteiger partial charge in [-0.15, -0.1) is 0 Å². The quantitative estimate of drug-likeness (QED) is 0.826. The molecule has 1 heterocycles. The number of nitrogens with zero attached hydrogens (tertiary/aromatic N) is 1. The lowest BCUT2D eigenvalue weighted by Gasteiger charge is -2.36. The highest BCUT2D eigenvalue weighted by molar-refractivity contribution is 7.99. The van der Waals surface area contributed by atoms with Crippen LogP contribution in [0.25, 0.3) is 0 Å². The summed E-state index contributed by atoms with van der Waals surface area (Å²) < 4.78 is 13.3. The lowest BCUT2D eigenvalue weighted by atomic mass is 10.0. The van der Waals surface area contributed by atoms with E-state index in [-0.39, 0.29) is 5.82 Å². The standard InChI is InChI=1S/C14H21FN2S/c1-2-18-9-8-17-7-6-16-11-14(17)12-4-3-5-13(15)10-12/h3-5,10,14,16H,2,6-9,11H2,1H3. The first-order valence-corrected chi connectivity index (χ1v) is 7.74. The van der Waals surface area contributed by atoms with Gasteiger partial charge in [0.1, 0.15) is 5.82 Å². The molecule has 4 heteroatoms. The lowest BCUT2D eigenvalue weighted by molar-refractivity contribution is 0.172. The molecule has 1 unspecified atom stereocenters. The van der Waals surface area contributed by atoms with Crippen LogP contribution in [0.15, 0.2) is 24.3 Å². The Morgan fingerprint density at radius 3 is 3.17 bits per heavy atom. The summed E-state index contributed by atoms with van der Waals surface area (Å²) in [6.07, 6.45) is 0. The molecule has 1 N–H and O–H groups in total. The predicted octanol–water partition coefficient (Wildman–Crippen LogP) is 2.53. The minimum Gasteiger partial charge on any atom is -0.314 e. The van der Waals surface area contributed by atoms with Crippen molar-refractivity contribution in [2.75, 3.05) is 37.7 Å². The third-order valence-electron chi connectivity index (χ3n) is 3.31. The van der Waals surface area contributed by atoms with E-state index in [1.807, 2.05) is 17.8 Å². The average molecular weight is 268 g/mol. The second-order valence-corrected chi connectivity index (χ2v) is 5.90. The van der Waals surface area contributed by atoms with Gasteiger partial charge in [-0.2, -0.15) is 11.8 Å². The summed E-state index contributed by atoms with van der Waals surface area (Å²) in [5, 5.41) is 3.40. The fraction of sp³-hybridized carbons (Fsp3) is 0.571. The van der Waals surface area contributed by atoms with Gasteiger partial charge in [0.05, 0.1) is 0 Å². The van der Waals surface area contributed by atoms with Gasteiger partial charge in [-0.3, -0.25) is 4.90 Å². The molecule has 1 fully saturated rings. The Labute approximate surface area is 113 Å². The van der Waals surface area contributed by atoms with E-state index >= 15 is 0 Å². The van der Waals surface area contributed by atoms with Crippen molar-refractivity contribution in [3.63, 3.8) is 0 Å². The summed E-state index contributed by atoms with van der Waals surface area (Å²) in [6, 6.07) is 7.32. The first-order valence-electron chi connectivity index (χ1n) is 6.59. The molecule has 2 rings (SSSR count). The van der Waals surface area contributed by atoms with E-state index in [2.05, 4.69) is 17.1 Å². The highest BCUT2D eigenvalue weighted by Gasteiger charge is 2.23. The average Bonchev–Trinajstić information content (AvgIpc) is 2.40. The van der Waals surface area contributed by atoms with Crippen LogP contribution < -0.4 is 5.32 Å². The maximum atomic E-state index is 13.3. The summed E-state index contributed by atoms with van der Waals surface area (Å²) >= 11 is 1.97. The molecular weight excluding hydrogens is 247 g/mol. The van der Waals surface area contributed by atoms with E-state index in [0.717, 1.165) is 43.2 Å². The van der Waals surface area contributed by atoms with Crippen LogP contribution in [-0.4, -0.2) is 42.6 Å². The zero-order valence-electron chi connectivity index (χ0n) is 10.9. The number of benzene rings is 1. The van der Waals surface area contributed by atoms with E-state index in [1.54, 1.807) is 12.1 Å². The number of halogens is 1. The predicted molar refractivity (Wildman–Crippen MR) is 76.6 cm³/mol. The Bertz CT molecular complexity index is 373. The summed E-state index contributed by atoms with van der Waals surface area (Å²) in [7, 11) is 0. The van der Waals surface area contributed by atoms with Crippen LogP contribution >= 0.6 is 11.8 Å². The molecule has 100 valence electrons. The normalized spacial score (nSPS) is 21.1. The van der Waals surface area contributed by atoms with Crippen molar-refractivity contribution in [2.24, 2.45) is 0 Å². The topological polar surface area (TPSA) is 15.3 Å². The Morgan fingerprint density at radius 1 is 1.50 bits per heavy atom. The molecule has 1 aromatic carbocycles. The van der Waals surface area contributed by atoms with Crippen LogP contribution in [0.3, 0.4) is 0 Å². The molecular formula is C14H21FN2S. The molecule has 0 bridgehead atoms. The highest BCUT2D eigenvalue weighted by Crippen LogP contribution is 2.23. The van der Waals surface area contributed by atoms with Crippen molar-refractivity contribution < 1.29 is 4.39 Å². The van der Waals surface area contributed by atoms with Gasteiger partial charge in [0.25, 0.3) is 0 Å². The van der Waals surface area contributed by atoms with Gasteiger partial charge in [-0.05, 0) is 23.4 Å². The van der Waals surface area contributed by atoms with E-state index in [1.165, 1.54) is 6.07 Å². The number of thioether (sulfide) groups is 1. The minimum absolute atomic E-state index is 0.138. The van der Waals surface area contributed by atoms with Crippen molar-refractivity contribution in [2.45, 2.75) is 13.0 Å². The van der Waals surface area contributed by atoms with Crippen molar-refractivity contribution in [1.82, 2.24) is 10.2 Å². The van der Waals surface area contributed by atoms with Crippen LogP contribution in [0, 0.1) is 5.82 Å². The van der Waals surface area contributed by atoms with Crippen molar-refractivity contribution in [1.29, 1.82) is 0 Å². The number of nitrogens with one attached hydrogen (secondary N) is 1. The molecule has 2 nitrogen and oxygen atoms in total. The molecule has 1 saturated heterocycles. The molecule has 0 amide bonds. The van der Waals surface area contributed by atoms with Crippen LogP contribution in [-0.2, 0) is 0 Å². The molecule has 0 radical (unpaired) electrons. The van der Waals surface area contributed by atoms with E-state index < -0.39 is 0 Å². The number of piperazine rings is 1. The fourth-order valence-electron chi connectivity index (χ4n) is 2.38. The number of hydrogen-bond acceptors (Lipinski definition) is 3. The monoisotopic (exact) mass is 268 g/mol. The van der Waals surface area contributed by atoms with Crippen LogP contribution in [0.1, 0.15) is 18.5 Å². The molecule has 1 aromatic rings. The van der Waals surface area contributed by atoms with Crippen molar-refractivity contribution >= 4 is 11.8 Å². The van der Waals surface area contributed by atoms with Gasteiger partial charge in [0.2, 0.25) is 0 Å². The Morgan fingerprint density at radius 2 is 2.39 bits per heavy atom. The Balaban J connectivity index is 2.03. The number of hydrogen-bond donors (Lipinski definition) is 1. The first kappa shape index (κ1) is 13.8.